The minimum atomic E-state index is 0.790. The van der Waals surface area contributed by atoms with Gasteiger partial charge in [0.25, 0.3) is 0 Å². The van der Waals surface area contributed by atoms with Crippen LogP contribution in [0.15, 0.2) is 79.0 Å². The van der Waals surface area contributed by atoms with Gasteiger partial charge in [-0.05, 0) is 29.8 Å². The molecular formula is C21H15N3. The molecule has 0 saturated carbocycles. The van der Waals surface area contributed by atoms with E-state index in [0.717, 1.165) is 39.5 Å². The fourth-order valence-corrected chi connectivity index (χ4v) is 3.35. The molecule has 3 aromatic heterocycles. The van der Waals surface area contributed by atoms with Crippen LogP contribution in [0.1, 0.15) is 5.56 Å². The van der Waals surface area contributed by atoms with E-state index in [-0.39, 0.29) is 0 Å². The van der Waals surface area contributed by atoms with Crippen LogP contribution < -0.4 is 0 Å². The molecule has 0 atom stereocenters. The second-order valence-electron chi connectivity index (χ2n) is 6.00. The van der Waals surface area contributed by atoms with Gasteiger partial charge in [-0.3, -0.25) is 0 Å². The zero-order valence-electron chi connectivity index (χ0n) is 13.1. The van der Waals surface area contributed by atoms with Gasteiger partial charge in [0, 0.05) is 23.5 Å². The van der Waals surface area contributed by atoms with Crippen LogP contribution in [-0.4, -0.2) is 14.5 Å². The summed E-state index contributed by atoms with van der Waals surface area (Å²) < 4.78 is 2.26. The number of rotatable bonds is 2. The molecular weight excluding hydrogens is 294 g/mol. The molecule has 24 heavy (non-hydrogen) atoms. The lowest BCUT2D eigenvalue weighted by molar-refractivity contribution is 0.856. The Labute approximate surface area is 139 Å². The molecule has 5 rings (SSSR count). The molecule has 0 N–H and O–H groups in total. The van der Waals surface area contributed by atoms with E-state index in [1.165, 1.54) is 5.56 Å². The quantitative estimate of drug-likeness (QED) is 0.469. The van der Waals surface area contributed by atoms with Crippen LogP contribution in [-0.2, 0) is 6.54 Å². The van der Waals surface area contributed by atoms with Crippen LogP contribution in [0, 0.1) is 0 Å². The van der Waals surface area contributed by atoms with E-state index in [9.17, 15) is 0 Å². The normalized spacial score (nSPS) is 11.5. The van der Waals surface area contributed by atoms with E-state index >= 15 is 0 Å². The van der Waals surface area contributed by atoms with Crippen LogP contribution in [0.5, 0.6) is 0 Å². The Balaban J connectivity index is 1.87. The largest absolute Gasteiger partial charge is 0.319 e. The van der Waals surface area contributed by atoms with Crippen LogP contribution in [0.4, 0.5) is 0 Å². The van der Waals surface area contributed by atoms with E-state index in [1.54, 1.807) is 0 Å². The molecule has 3 heteroatoms. The molecule has 114 valence electrons. The average molecular weight is 309 g/mol. The molecule has 0 saturated heterocycles. The van der Waals surface area contributed by atoms with Crippen molar-refractivity contribution in [1.29, 1.82) is 0 Å². The minimum Gasteiger partial charge on any atom is -0.319 e. The van der Waals surface area contributed by atoms with Crippen LogP contribution in [0.25, 0.3) is 33.0 Å². The summed E-state index contributed by atoms with van der Waals surface area (Å²) in [5.41, 5.74) is 5.42. The summed E-state index contributed by atoms with van der Waals surface area (Å²) >= 11 is 0. The Morgan fingerprint density at radius 1 is 0.833 bits per heavy atom. The Bertz CT molecular complexity index is 1170. The topological polar surface area (TPSA) is 30.7 Å². The summed E-state index contributed by atoms with van der Waals surface area (Å²) in [6.07, 6.45) is 1.85. The zero-order chi connectivity index (χ0) is 15.9. The molecule has 2 aromatic carbocycles. The van der Waals surface area contributed by atoms with Crippen LogP contribution in [0.3, 0.4) is 0 Å². The molecule has 0 spiro atoms. The second kappa shape index (κ2) is 5.17. The number of para-hydroxylation sites is 1. The Morgan fingerprint density at radius 3 is 2.58 bits per heavy atom. The third kappa shape index (κ3) is 1.98. The average Bonchev–Trinajstić information content (AvgIpc) is 2.94. The highest BCUT2D eigenvalue weighted by Gasteiger charge is 2.13. The summed E-state index contributed by atoms with van der Waals surface area (Å²) in [6, 6.07) is 25.1. The highest BCUT2D eigenvalue weighted by Crippen LogP contribution is 2.29. The van der Waals surface area contributed by atoms with Gasteiger partial charge in [-0.15, -0.1) is 0 Å². The number of fused-ring (bicyclic) bond motifs is 4. The summed E-state index contributed by atoms with van der Waals surface area (Å²) in [6.45, 7) is 0.790. The fraction of sp³-hybridized carbons (Fsp3) is 0.0476. The maximum absolute atomic E-state index is 4.91. The van der Waals surface area contributed by atoms with Gasteiger partial charge in [0.05, 0.1) is 16.6 Å². The molecule has 0 aliphatic heterocycles. The van der Waals surface area contributed by atoms with E-state index in [2.05, 4.69) is 64.1 Å². The lowest BCUT2D eigenvalue weighted by Gasteiger charge is -2.07. The van der Waals surface area contributed by atoms with E-state index in [4.69, 9.17) is 4.98 Å². The molecule has 0 unspecified atom stereocenters. The molecule has 5 aromatic rings. The van der Waals surface area contributed by atoms with Gasteiger partial charge in [0.15, 0.2) is 0 Å². The number of hydrogen-bond donors (Lipinski definition) is 0. The third-order valence-corrected chi connectivity index (χ3v) is 4.48. The highest BCUT2D eigenvalue weighted by atomic mass is 15.0. The smallest absolute Gasteiger partial charge is 0.142 e. The summed E-state index contributed by atoms with van der Waals surface area (Å²) in [5, 5.41) is 2.26. The van der Waals surface area contributed by atoms with E-state index in [1.807, 2.05) is 24.4 Å². The number of benzene rings is 2. The van der Waals surface area contributed by atoms with Gasteiger partial charge in [-0.2, -0.15) is 0 Å². The van der Waals surface area contributed by atoms with Crippen molar-refractivity contribution in [2.45, 2.75) is 6.54 Å². The Hall–Kier alpha value is -3.20. The van der Waals surface area contributed by atoms with Crippen molar-refractivity contribution in [1.82, 2.24) is 14.5 Å². The lowest BCUT2D eigenvalue weighted by Crippen LogP contribution is -2.00. The molecule has 0 fully saturated rings. The van der Waals surface area contributed by atoms with E-state index in [0.29, 0.717) is 0 Å². The van der Waals surface area contributed by atoms with Gasteiger partial charge < -0.3 is 4.57 Å². The number of nitrogens with zero attached hydrogens (tertiary/aromatic N) is 3. The van der Waals surface area contributed by atoms with Crippen molar-refractivity contribution in [2.75, 3.05) is 0 Å². The van der Waals surface area contributed by atoms with Crippen molar-refractivity contribution in [2.24, 2.45) is 0 Å². The zero-order valence-corrected chi connectivity index (χ0v) is 13.1. The van der Waals surface area contributed by atoms with Crippen LogP contribution >= 0.6 is 0 Å². The first-order chi connectivity index (χ1) is 11.9. The standard InChI is InChI=1S/C21H15N3/c1-2-7-15(8-3-1)14-24-19-13-16-9-4-5-11-18(16)23-20(19)17-10-6-12-22-21(17)24/h1-13H,14H2. The molecule has 3 nitrogen and oxygen atoms in total. The van der Waals surface area contributed by atoms with Gasteiger partial charge in [0.2, 0.25) is 0 Å². The monoisotopic (exact) mass is 309 g/mol. The van der Waals surface area contributed by atoms with Gasteiger partial charge in [-0.25, -0.2) is 9.97 Å². The lowest BCUT2D eigenvalue weighted by atomic mass is 10.2. The molecule has 0 amide bonds. The first-order valence-corrected chi connectivity index (χ1v) is 8.07. The van der Waals surface area contributed by atoms with E-state index < -0.39 is 0 Å². The molecule has 0 bridgehead atoms. The Morgan fingerprint density at radius 2 is 1.67 bits per heavy atom. The second-order valence-corrected chi connectivity index (χ2v) is 6.00. The summed E-state index contributed by atoms with van der Waals surface area (Å²) in [7, 11) is 0. The number of aromatic nitrogens is 3. The number of pyridine rings is 2. The SMILES string of the molecule is c1ccc(Cn2c3cc4ccccc4nc3c3cccnc32)cc1. The van der Waals surface area contributed by atoms with Crippen molar-refractivity contribution >= 4 is 33.0 Å². The predicted octanol–water partition coefficient (Wildman–Crippen LogP) is 4.79. The number of hydrogen-bond acceptors (Lipinski definition) is 2. The maximum atomic E-state index is 4.91. The molecule has 0 aliphatic carbocycles. The molecule has 3 heterocycles. The molecule has 0 radical (unpaired) electrons. The summed E-state index contributed by atoms with van der Waals surface area (Å²) in [4.78, 5) is 9.54. The van der Waals surface area contributed by atoms with Gasteiger partial charge in [-0.1, -0.05) is 48.5 Å². The first kappa shape index (κ1) is 13.3. The first-order valence-electron chi connectivity index (χ1n) is 8.07. The fourth-order valence-electron chi connectivity index (χ4n) is 3.35. The summed E-state index contributed by atoms with van der Waals surface area (Å²) in [5.74, 6) is 0. The van der Waals surface area contributed by atoms with Crippen molar-refractivity contribution < 1.29 is 0 Å². The third-order valence-electron chi connectivity index (χ3n) is 4.48. The highest BCUT2D eigenvalue weighted by molar-refractivity contribution is 6.07. The van der Waals surface area contributed by atoms with Gasteiger partial charge in [0.1, 0.15) is 5.65 Å². The maximum Gasteiger partial charge on any atom is 0.142 e. The predicted molar refractivity (Wildman–Crippen MR) is 98.1 cm³/mol. The molecule has 0 aliphatic rings. The minimum absolute atomic E-state index is 0.790. The van der Waals surface area contributed by atoms with Gasteiger partial charge >= 0.3 is 0 Å². The van der Waals surface area contributed by atoms with Crippen LogP contribution in [0.2, 0.25) is 0 Å². The van der Waals surface area contributed by atoms with Crippen molar-refractivity contribution in [3.05, 3.63) is 84.6 Å². The van der Waals surface area contributed by atoms with Crippen molar-refractivity contribution in [3.8, 4) is 0 Å². The van der Waals surface area contributed by atoms with Crippen molar-refractivity contribution in [3.63, 3.8) is 0 Å². The Kier molecular flexibility index (Phi) is 2.85.